The minimum atomic E-state index is 0.102. The molecule has 4 N–H and O–H groups in total. The summed E-state index contributed by atoms with van der Waals surface area (Å²) in [6.45, 7) is 2.10. The maximum atomic E-state index is 5.55. The normalized spacial score (nSPS) is 10.2. The van der Waals surface area contributed by atoms with Gasteiger partial charge in [-0.25, -0.2) is 0 Å². The summed E-state index contributed by atoms with van der Waals surface area (Å²) in [6, 6.07) is 9.30. The number of rotatable bonds is 3. The van der Waals surface area contributed by atoms with Crippen molar-refractivity contribution >= 4 is 11.8 Å². The second-order valence-corrected chi connectivity index (χ2v) is 3.59. The van der Waals surface area contributed by atoms with Crippen LogP contribution in [0.2, 0.25) is 0 Å². The highest BCUT2D eigenvalue weighted by Gasteiger charge is 2.02. The van der Waals surface area contributed by atoms with Gasteiger partial charge in [0.25, 0.3) is 0 Å². The lowest BCUT2D eigenvalue weighted by Crippen LogP contribution is -2.00. The second kappa shape index (κ2) is 4.69. The summed E-state index contributed by atoms with van der Waals surface area (Å²) in [5.74, 6) is 1.43. The Labute approximate surface area is 99.5 Å². The van der Waals surface area contributed by atoms with Gasteiger partial charge in [0, 0.05) is 6.07 Å². The molecule has 0 fully saturated rings. The predicted molar refractivity (Wildman–Crippen MR) is 66.8 cm³/mol. The number of aromatic nitrogens is 2. The van der Waals surface area contributed by atoms with Crippen LogP contribution in [-0.2, 0) is 6.42 Å². The van der Waals surface area contributed by atoms with Crippen molar-refractivity contribution in [2.45, 2.75) is 13.3 Å². The molecule has 88 valence electrons. The van der Waals surface area contributed by atoms with Gasteiger partial charge in [-0.05, 0) is 24.1 Å². The molecular formula is C12H14N4O. The molecule has 5 nitrogen and oxygen atoms in total. The molecule has 0 amide bonds. The summed E-state index contributed by atoms with van der Waals surface area (Å²) in [7, 11) is 0. The molecule has 0 aliphatic rings. The zero-order chi connectivity index (χ0) is 12.3. The van der Waals surface area contributed by atoms with E-state index in [0.29, 0.717) is 11.6 Å². The number of benzene rings is 1. The van der Waals surface area contributed by atoms with Gasteiger partial charge in [0.2, 0.25) is 11.8 Å². The Hall–Kier alpha value is -2.30. The molecule has 0 atom stereocenters. The maximum absolute atomic E-state index is 5.55. The summed E-state index contributed by atoms with van der Waals surface area (Å²) < 4.78 is 5.53. The third-order valence-corrected chi connectivity index (χ3v) is 2.29. The average Bonchev–Trinajstić information content (AvgIpc) is 2.28. The first kappa shape index (κ1) is 11.2. The standard InChI is InChI=1S/C12H14N4O/c1-2-8-3-5-9(6-4-8)17-11-7-10(13)15-12(14)16-11/h3-7H,2H2,1H3,(H4,13,14,15,16). The minimum Gasteiger partial charge on any atom is -0.439 e. The molecule has 1 aromatic carbocycles. The topological polar surface area (TPSA) is 87.0 Å². The molecular weight excluding hydrogens is 216 g/mol. The van der Waals surface area contributed by atoms with Gasteiger partial charge in [-0.2, -0.15) is 9.97 Å². The molecule has 0 saturated heterocycles. The van der Waals surface area contributed by atoms with Crippen LogP contribution in [0.25, 0.3) is 0 Å². The molecule has 1 aromatic heterocycles. The fourth-order valence-electron chi connectivity index (χ4n) is 1.43. The van der Waals surface area contributed by atoms with Crippen molar-refractivity contribution in [2.24, 2.45) is 0 Å². The van der Waals surface area contributed by atoms with E-state index >= 15 is 0 Å². The molecule has 1 heterocycles. The summed E-state index contributed by atoms with van der Waals surface area (Å²) in [5, 5.41) is 0. The molecule has 5 heteroatoms. The smallest absolute Gasteiger partial charge is 0.226 e. The van der Waals surface area contributed by atoms with E-state index in [-0.39, 0.29) is 11.8 Å². The van der Waals surface area contributed by atoms with Gasteiger partial charge in [-0.15, -0.1) is 0 Å². The van der Waals surface area contributed by atoms with E-state index in [1.165, 1.54) is 11.6 Å². The molecule has 0 aliphatic carbocycles. The van der Waals surface area contributed by atoms with Crippen LogP contribution in [0.1, 0.15) is 12.5 Å². The highest BCUT2D eigenvalue weighted by Crippen LogP contribution is 2.21. The van der Waals surface area contributed by atoms with Crippen LogP contribution >= 0.6 is 0 Å². The van der Waals surface area contributed by atoms with Crippen molar-refractivity contribution in [1.82, 2.24) is 9.97 Å². The number of aryl methyl sites for hydroxylation is 1. The molecule has 2 rings (SSSR count). The number of nitrogens with two attached hydrogens (primary N) is 2. The highest BCUT2D eigenvalue weighted by atomic mass is 16.5. The first-order chi connectivity index (χ1) is 8.17. The Bertz CT molecular complexity index is 490. The molecule has 0 aliphatic heterocycles. The number of hydrogen-bond acceptors (Lipinski definition) is 5. The van der Waals surface area contributed by atoms with Crippen LogP contribution in [-0.4, -0.2) is 9.97 Å². The van der Waals surface area contributed by atoms with Crippen LogP contribution in [0.4, 0.5) is 11.8 Å². The van der Waals surface area contributed by atoms with Gasteiger partial charge in [-0.1, -0.05) is 19.1 Å². The van der Waals surface area contributed by atoms with Gasteiger partial charge in [-0.3, -0.25) is 0 Å². The first-order valence-corrected chi connectivity index (χ1v) is 5.34. The van der Waals surface area contributed by atoms with Crippen LogP contribution in [0.15, 0.2) is 30.3 Å². The number of anilines is 2. The summed E-state index contributed by atoms with van der Waals surface area (Å²) in [5.41, 5.74) is 12.3. The van der Waals surface area contributed by atoms with Crippen LogP contribution in [0.5, 0.6) is 11.6 Å². The third kappa shape index (κ3) is 2.84. The van der Waals surface area contributed by atoms with Gasteiger partial charge >= 0.3 is 0 Å². The highest BCUT2D eigenvalue weighted by molar-refractivity contribution is 5.40. The van der Waals surface area contributed by atoms with E-state index in [1.54, 1.807) is 0 Å². The van der Waals surface area contributed by atoms with Crippen LogP contribution < -0.4 is 16.2 Å². The van der Waals surface area contributed by atoms with Gasteiger partial charge in [0.15, 0.2) is 0 Å². The van der Waals surface area contributed by atoms with Crippen molar-refractivity contribution in [3.63, 3.8) is 0 Å². The molecule has 17 heavy (non-hydrogen) atoms. The van der Waals surface area contributed by atoms with Crippen LogP contribution in [0.3, 0.4) is 0 Å². The number of nitrogen functional groups attached to an aromatic ring is 2. The summed E-state index contributed by atoms with van der Waals surface area (Å²) in [4.78, 5) is 7.70. The number of hydrogen-bond donors (Lipinski definition) is 2. The lowest BCUT2D eigenvalue weighted by Gasteiger charge is -2.06. The van der Waals surface area contributed by atoms with E-state index in [4.69, 9.17) is 16.2 Å². The molecule has 0 saturated carbocycles. The Balaban J connectivity index is 2.19. The fraction of sp³-hybridized carbons (Fsp3) is 0.167. The van der Waals surface area contributed by atoms with Crippen molar-refractivity contribution in [3.8, 4) is 11.6 Å². The molecule has 0 bridgehead atoms. The van der Waals surface area contributed by atoms with E-state index in [2.05, 4.69) is 16.9 Å². The molecule has 0 spiro atoms. The Morgan fingerprint density at radius 1 is 1.12 bits per heavy atom. The van der Waals surface area contributed by atoms with E-state index in [0.717, 1.165) is 6.42 Å². The summed E-state index contributed by atoms with van der Waals surface area (Å²) >= 11 is 0. The molecule has 0 radical (unpaired) electrons. The minimum absolute atomic E-state index is 0.102. The van der Waals surface area contributed by atoms with E-state index < -0.39 is 0 Å². The lowest BCUT2D eigenvalue weighted by atomic mass is 10.2. The zero-order valence-electron chi connectivity index (χ0n) is 9.55. The number of nitrogens with zero attached hydrogens (tertiary/aromatic N) is 2. The average molecular weight is 230 g/mol. The van der Waals surface area contributed by atoms with Gasteiger partial charge in [0.1, 0.15) is 11.6 Å². The lowest BCUT2D eigenvalue weighted by molar-refractivity contribution is 0.463. The predicted octanol–water partition coefficient (Wildman–Crippen LogP) is 2.00. The van der Waals surface area contributed by atoms with Gasteiger partial charge < -0.3 is 16.2 Å². The largest absolute Gasteiger partial charge is 0.439 e. The third-order valence-electron chi connectivity index (χ3n) is 2.29. The van der Waals surface area contributed by atoms with Crippen molar-refractivity contribution in [3.05, 3.63) is 35.9 Å². The van der Waals surface area contributed by atoms with Crippen LogP contribution in [0, 0.1) is 0 Å². The monoisotopic (exact) mass is 230 g/mol. The zero-order valence-corrected chi connectivity index (χ0v) is 9.55. The van der Waals surface area contributed by atoms with E-state index in [9.17, 15) is 0 Å². The summed E-state index contributed by atoms with van der Waals surface area (Å²) in [6.07, 6.45) is 0.994. The maximum Gasteiger partial charge on any atom is 0.226 e. The fourth-order valence-corrected chi connectivity index (χ4v) is 1.43. The SMILES string of the molecule is CCc1ccc(Oc2cc(N)nc(N)n2)cc1. The van der Waals surface area contributed by atoms with Gasteiger partial charge in [0.05, 0.1) is 0 Å². The Kier molecular flexibility index (Phi) is 3.09. The number of ether oxygens (including phenoxy) is 1. The Morgan fingerprint density at radius 2 is 1.82 bits per heavy atom. The Morgan fingerprint density at radius 3 is 2.41 bits per heavy atom. The first-order valence-electron chi connectivity index (χ1n) is 5.34. The van der Waals surface area contributed by atoms with Crippen molar-refractivity contribution in [1.29, 1.82) is 0 Å². The quantitative estimate of drug-likeness (QED) is 0.842. The second-order valence-electron chi connectivity index (χ2n) is 3.59. The molecule has 0 unspecified atom stereocenters. The molecule has 2 aromatic rings. The van der Waals surface area contributed by atoms with E-state index in [1.807, 2.05) is 24.3 Å². The van der Waals surface area contributed by atoms with Crippen molar-refractivity contribution in [2.75, 3.05) is 11.5 Å². The van der Waals surface area contributed by atoms with Crippen molar-refractivity contribution < 1.29 is 4.74 Å².